The second-order valence-corrected chi connectivity index (χ2v) is 10.4. The summed E-state index contributed by atoms with van der Waals surface area (Å²) in [7, 11) is -3.12. The number of sulfonamides is 1. The van der Waals surface area contributed by atoms with Crippen LogP contribution in [0.25, 0.3) is 0 Å². The summed E-state index contributed by atoms with van der Waals surface area (Å²) in [4.78, 5) is 13.1. The molecular weight excluding hydrogens is 364 g/mol. The van der Waals surface area contributed by atoms with Crippen molar-refractivity contribution in [3.8, 4) is 0 Å². The van der Waals surface area contributed by atoms with Gasteiger partial charge in [-0.05, 0) is 36.2 Å². The molecular formula is C20H28N2O4S. The quantitative estimate of drug-likeness (QED) is 0.764. The Kier molecular flexibility index (Phi) is 4.81. The van der Waals surface area contributed by atoms with Crippen molar-refractivity contribution >= 4 is 15.9 Å². The minimum absolute atomic E-state index is 0.0562. The van der Waals surface area contributed by atoms with Crippen LogP contribution in [0.4, 0.5) is 0 Å². The lowest BCUT2D eigenvalue weighted by Crippen LogP contribution is -2.49. The van der Waals surface area contributed by atoms with Gasteiger partial charge in [0, 0.05) is 25.6 Å². The zero-order valence-electron chi connectivity index (χ0n) is 15.7. The smallest absolute Gasteiger partial charge is 0.256 e. The van der Waals surface area contributed by atoms with Crippen LogP contribution in [0.5, 0.6) is 0 Å². The first kappa shape index (κ1) is 18.9. The third-order valence-electron chi connectivity index (χ3n) is 6.81. The second-order valence-electron chi connectivity index (χ2n) is 8.40. The van der Waals surface area contributed by atoms with Gasteiger partial charge in [0.2, 0.25) is 10.0 Å². The molecule has 2 aliphatic carbocycles. The molecule has 1 aromatic carbocycles. The molecule has 0 spiro atoms. The first-order valence-corrected chi connectivity index (χ1v) is 11.7. The molecule has 0 aromatic heterocycles. The average Bonchev–Trinajstić information content (AvgIpc) is 3.08. The van der Waals surface area contributed by atoms with Crippen LogP contribution >= 0.6 is 0 Å². The van der Waals surface area contributed by atoms with Gasteiger partial charge >= 0.3 is 0 Å². The van der Waals surface area contributed by atoms with E-state index in [4.69, 9.17) is 0 Å². The molecule has 2 N–H and O–H groups in total. The molecule has 7 heteroatoms. The van der Waals surface area contributed by atoms with Crippen LogP contribution in [0, 0.1) is 23.7 Å². The summed E-state index contributed by atoms with van der Waals surface area (Å²) in [5.41, 5.74) is -0.825. The average molecular weight is 393 g/mol. The molecule has 3 aliphatic rings. The molecule has 4 atom stereocenters. The van der Waals surface area contributed by atoms with Crippen molar-refractivity contribution in [2.75, 3.05) is 25.9 Å². The van der Waals surface area contributed by atoms with Crippen LogP contribution in [0.15, 0.2) is 30.3 Å². The molecule has 3 unspecified atom stereocenters. The Balaban J connectivity index is 1.41. The van der Waals surface area contributed by atoms with Gasteiger partial charge in [-0.1, -0.05) is 43.2 Å². The molecule has 3 fully saturated rings. The number of piperidine rings is 1. The monoisotopic (exact) mass is 392 g/mol. The number of nitrogens with zero attached hydrogens (tertiary/aromatic N) is 1. The summed E-state index contributed by atoms with van der Waals surface area (Å²) in [6.45, 7) is 1.61. The highest BCUT2D eigenvalue weighted by molar-refractivity contribution is 7.88. The van der Waals surface area contributed by atoms with Crippen molar-refractivity contribution in [1.29, 1.82) is 0 Å². The standard InChI is InChI=1S/C20H28N2O4S/c1-27(25,26)22-12-17-16(18(17)13-22)11-21-19(23)20(24,15-9-5-6-10-15)14-7-3-2-4-8-14/h2-4,7-8,15-18,24H,5-6,9-13H2,1H3,(H,21,23)/t16?,17-,18?,20?/m1/s1. The van der Waals surface area contributed by atoms with Gasteiger partial charge in [-0.25, -0.2) is 12.7 Å². The van der Waals surface area contributed by atoms with E-state index in [0.717, 1.165) is 25.7 Å². The SMILES string of the molecule is CS(=O)(=O)N1CC2C(CNC(=O)C(O)(c3ccccc3)C3CCCC3)[C@H]2C1. The molecule has 148 valence electrons. The van der Waals surface area contributed by atoms with E-state index in [1.807, 2.05) is 30.3 Å². The third kappa shape index (κ3) is 3.41. The van der Waals surface area contributed by atoms with Crippen molar-refractivity contribution < 1.29 is 18.3 Å². The fraction of sp³-hybridized carbons (Fsp3) is 0.650. The maximum absolute atomic E-state index is 13.1. The molecule has 2 saturated carbocycles. The van der Waals surface area contributed by atoms with Crippen molar-refractivity contribution in [2.45, 2.75) is 31.3 Å². The minimum Gasteiger partial charge on any atom is -0.375 e. The van der Waals surface area contributed by atoms with E-state index in [1.54, 1.807) is 0 Å². The van der Waals surface area contributed by atoms with Crippen LogP contribution in [0.1, 0.15) is 31.2 Å². The number of fused-ring (bicyclic) bond motifs is 1. The highest BCUT2D eigenvalue weighted by Crippen LogP contribution is 2.52. The highest BCUT2D eigenvalue weighted by atomic mass is 32.2. The molecule has 6 nitrogen and oxygen atoms in total. The fourth-order valence-electron chi connectivity index (χ4n) is 5.12. The number of carbonyl (C=O) groups is 1. The van der Waals surface area contributed by atoms with E-state index in [9.17, 15) is 18.3 Å². The minimum atomic E-state index is -3.12. The van der Waals surface area contributed by atoms with E-state index in [1.165, 1.54) is 10.6 Å². The van der Waals surface area contributed by atoms with Gasteiger partial charge in [0.05, 0.1) is 6.26 Å². The zero-order chi connectivity index (χ0) is 19.2. The van der Waals surface area contributed by atoms with Gasteiger partial charge in [0.15, 0.2) is 5.60 Å². The third-order valence-corrected chi connectivity index (χ3v) is 8.05. The maximum atomic E-state index is 13.1. The van der Waals surface area contributed by atoms with Gasteiger partial charge < -0.3 is 10.4 Å². The number of benzene rings is 1. The molecule has 1 aliphatic heterocycles. The molecule has 1 saturated heterocycles. The Labute approximate surface area is 161 Å². The Bertz CT molecular complexity index is 795. The van der Waals surface area contributed by atoms with Gasteiger partial charge in [-0.15, -0.1) is 0 Å². The summed E-state index contributed by atoms with van der Waals surface area (Å²) < 4.78 is 24.8. The second kappa shape index (κ2) is 6.87. The van der Waals surface area contributed by atoms with E-state index in [2.05, 4.69) is 5.32 Å². The Morgan fingerprint density at radius 2 is 1.78 bits per heavy atom. The van der Waals surface area contributed by atoms with E-state index in [0.29, 0.717) is 43.0 Å². The van der Waals surface area contributed by atoms with Gasteiger partial charge in [-0.3, -0.25) is 4.79 Å². The molecule has 0 bridgehead atoms. The summed E-state index contributed by atoms with van der Waals surface area (Å²) >= 11 is 0. The number of rotatable bonds is 6. The van der Waals surface area contributed by atoms with Crippen LogP contribution in [-0.2, 0) is 20.4 Å². The molecule has 1 heterocycles. The Morgan fingerprint density at radius 3 is 2.33 bits per heavy atom. The number of aliphatic hydroxyl groups is 1. The molecule has 0 radical (unpaired) electrons. The van der Waals surface area contributed by atoms with Crippen molar-refractivity contribution in [3.63, 3.8) is 0 Å². The number of hydrogen-bond acceptors (Lipinski definition) is 4. The summed E-state index contributed by atoms with van der Waals surface area (Å²) in [6.07, 6.45) is 5.05. The predicted molar refractivity (Wildman–Crippen MR) is 102 cm³/mol. The van der Waals surface area contributed by atoms with Gasteiger partial charge in [0.25, 0.3) is 5.91 Å². The first-order valence-electron chi connectivity index (χ1n) is 9.83. The zero-order valence-corrected chi connectivity index (χ0v) is 16.5. The first-order chi connectivity index (χ1) is 12.8. The molecule has 1 amide bonds. The largest absolute Gasteiger partial charge is 0.375 e. The summed E-state index contributed by atoms with van der Waals surface area (Å²) in [6, 6.07) is 9.25. The van der Waals surface area contributed by atoms with Crippen molar-refractivity contribution in [2.24, 2.45) is 23.7 Å². The molecule has 27 heavy (non-hydrogen) atoms. The van der Waals surface area contributed by atoms with Crippen LogP contribution in [-0.4, -0.2) is 49.6 Å². The lowest BCUT2D eigenvalue weighted by Gasteiger charge is -2.33. The van der Waals surface area contributed by atoms with Crippen LogP contribution in [0.3, 0.4) is 0 Å². The Morgan fingerprint density at radius 1 is 1.19 bits per heavy atom. The van der Waals surface area contributed by atoms with Crippen LogP contribution in [0.2, 0.25) is 0 Å². The van der Waals surface area contributed by atoms with Gasteiger partial charge in [0.1, 0.15) is 0 Å². The topological polar surface area (TPSA) is 86.7 Å². The Hall–Kier alpha value is -1.44. The molecule has 1 aromatic rings. The molecule has 4 rings (SSSR count). The van der Waals surface area contributed by atoms with Crippen LogP contribution < -0.4 is 5.32 Å². The normalized spacial score (nSPS) is 30.7. The lowest BCUT2D eigenvalue weighted by atomic mass is 9.79. The predicted octanol–water partition coefficient (Wildman–Crippen LogP) is 1.32. The van der Waals surface area contributed by atoms with Crippen molar-refractivity contribution in [3.05, 3.63) is 35.9 Å². The summed E-state index contributed by atoms with van der Waals surface area (Å²) in [5, 5.41) is 14.4. The highest BCUT2D eigenvalue weighted by Gasteiger charge is 2.57. The van der Waals surface area contributed by atoms with Crippen molar-refractivity contribution in [1.82, 2.24) is 9.62 Å². The maximum Gasteiger partial charge on any atom is 0.256 e. The fourth-order valence-corrected chi connectivity index (χ4v) is 6.00. The van der Waals surface area contributed by atoms with Gasteiger partial charge in [-0.2, -0.15) is 0 Å². The summed E-state index contributed by atoms with van der Waals surface area (Å²) in [5.74, 6) is 0.605. The van der Waals surface area contributed by atoms with E-state index < -0.39 is 15.6 Å². The number of nitrogens with one attached hydrogen (secondary N) is 1. The number of hydrogen-bond donors (Lipinski definition) is 2. The van der Waals surface area contributed by atoms with E-state index in [-0.39, 0.29) is 11.8 Å². The number of amides is 1. The van der Waals surface area contributed by atoms with E-state index >= 15 is 0 Å². The number of carbonyl (C=O) groups excluding carboxylic acids is 1. The lowest BCUT2D eigenvalue weighted by molar-refractivity contribution is -0.147.